The van der Waals surface area contributed by atoms with Gasteiger partial charge in [-0.05, 0) is 11.5 Å². The number of aromatic nitrogens is 3. The van der Waals surface area contributed by atoms with E-state index in [0.717, 1.165) is 11.3 Å². The van der Waals surface area contributed by atoms with Crippen molar-refractivity contribution in [3.63, 3.8) is 0 Å². The zero-order valence-corrected chi connectivity index (χ0v) is 12.8. The molecule has 0 aromatic carbocycles. The standard InChI is InChI=1S/C15H20N4O2/c1-6-14(20)19(11-7-16-18(5)8-11)9-13-12(10-21-17-13)15(2,3)4/h6-8,10H,1,9H2,2-5H3. The first kappa shape index (κ1) is 15.0. The predicted molar refractivity (Wildman–Crippen MR) is 79.8 cm³/mol. The number of hydrogen-bond donors (Lipinski definition) is 0. The molecule has 0 atom stereocenters. The van der Waals surface area contributed by atoms with Crippen molar-refractivity contribution >= 4 is 11.6 Å². The highest BCUT2D eigenvalue weighted by atomic mass is 16.5. The zero-order valence-electron chi connectivity index (χ0n) is 12.8. The van der Waals surface area contributed by atoms with Crippen LogP contribution in [0.5, 0.6) is 0 Å². The Hall–Kier alpha value is -2.37. The third-order valence-corrected chi connectivity index (χ3v) is 3.20. The molecule has 0 aliphatic rings. The largest absolute Gasteiger partial charge is 0.364 e. The maximum atomic E-state index is 12.1. The molecule has 0 N–H and O–H groups in total. The Balaban J connectivity index is 2.35. The Morgan fingerprint density at radius 1 is 1.52 bits per heavy atom. The van der Waals surface area contributed by atoms with Crippen molar-refractivity contribution in [1.82, 2.24) is 14.9 Å². The van der Waals surface area contributed by atoms with Crippen LogP contribution in [-0.4, -0.2) is 20.8 Å². The van der Waals surface area contributed by atoms with E-state index >= 15 is 0 Å². The zero-order chi connectivity index (χ0) is 15.6. The topological polar surface area (TPSA) is 64.2 Å². The average Bonchev–Trinajstić information content (AvgIpc) is 3.03. The van der Waals surface area contributed by atoms with Crippen molar-refractivity contribution in [2.45, 2.75) is 32.7 Å². The number of carbonyl (C=O) groups is 1. The van der Waals surface area contributed by atoms with E-state index < -0.39 is 0 Å². The number of aryl methyl sites for hydroxylation is 1. The maximum Gasteiger partial charge on any atom is 0.250 e. The number of anilines is 1. The van der Waals surface area contributed by atoms with E-state index in [4.69, 9.17) is 4.52 Å². The van der Waals surface area contributed by atoms with Gasteiger partial charge in [0.15, 0.2) is 0 Å². The van der Waals surface area contributed by atoms with Crippen molar-refractivity contribution in [2.24, 2.45) is 7.05 Å². The van der Waals surface area contributed by atoms with Crippen LogP contribution in [0, 0.1) is 0 Å². The Bertz CT molecular complexity index is 649. The lowest BCUT2D eigenvalue weighted by atomic mass is 9.87. The van der Waals surface area contributed by atoms with E-state index in [9.17, 15) is 4.79 Å². The van der Waals surface area contributed by atoms with Crippen LogP contribution in [0.15, 0.2) is 35.8 Å². The van der Waals surface area contributed by atoms with Gasteiger partial charge in [-0.1, -0.05) is 32.5 Å². The summed E-state index contributed by atoms with van der Waals surface area (Å²) in [6, 6.07) is 0. The molecule has 0 aliphatic heterocycles. The second-order valence-electron chi connectivity index (χ2n) is 5.93. The molecule has 2 rings (SSSR count). The van der Waals surface area contributed by atoms with Gasteiger partial charge in [0, 0.05) is 18.8 Å². The summed E-state index contributed by atoms with van der Waals surface area (Å²) in [5, 5.41) is 8.14. The SMILES string of the molecule is C=CC(=O)N(Cc1nocc1C(C)(C)C)c1cnn(C)c1. The minimum Gasteiger partial charge on any atom is -0.364 e. The fourth-order valence-corrected chi connectivity index (χ4v) is 2.09. The molecule has 6 nitrogen and oxygen atoms in total. The summed E-state index contributed by atoms with van der Waals surface area (Å²) >= 11 is 0. The Morgan fingerprint density at radius 2 is 2.24 bits per heavy atom. The molecule has 21 heavy (non-hydrogen) atoms. The second-order valence-corrected chi connectivity index (χ2v) is 5.93. The van der Waals surface area contributed by atoms with Crippen LogP contribution in [-0.2, 0) is 23.8 Å². The molecule has 0 bridgehead atoms. The first-order valence-corrected chi connectivity index (χ1v) is 6.69. The third kappa shape index (κ3) is 3.21. The molecular formula is C15H20N4O2. The van der Waals surface area contributed by atoms with Gasteiger partial charge in [-0.15, -0.1) is 0 Å². The average molecular weight is 288 g/mol. The van der Waals surface area contributed by atoms with Crippen LogP contribution in [0.25, 0.3) is 0 Å². The lowest BCUT2D eigenvalue weighted by Gasteiger charge is -2.22. The lowest BCUT2D eigenvalue weighted by Crippen LogP contribution is -2.29. The van der Waals surface area contributed by atoms with Crippen molar-refractivity contribution in [3.8, 4) is 0 Å². The van der Waals surface area contributed by atoms with Gasteiger partial charge in [-0.25, -0.2) is 0 Å². The highest BCUT2D eigenvalue weighted by Gasteiger charge is 2.25. The maximum absolute atomic E-state index is 12.1. The van der Waals surface area contributed by atoms with E-state index in [1.807, 2.05) is 0 Å². The van der Waals surface area contributed by atoms with Gasteiger partial charge < -0.3 is 4.52 Å². The van der Waals surface area contributed by atoms with E-state index in [0.29, 0.717) is 12.2 Å². The smallest absolute Gasteiger partial charge is 0.250 e. The van der Waals surface area contributed by atoms with Crippen LogP contribution in [0.4, 0.5) is 5.69 Å². The normalized spacial score (nSPS) is 11.4. The van der Waals surface area contributed by atoms with Gasteiger partial charge in [0.05, 0.1) is 18.4 Å². The molecule has 0 saturated heterocycles. The lowest BCUT2D eigenvalue weighted by molar-refractivity contribution is -0.114. The molecule has 2 aromatic heterocycles. The summed E-state index contributed by atoms with van der Waals surface area (Å²) in [4.78, 5) is 13.7. The molecule has 2 aromatic rings. The Morgan fingerprint density at radius 3 is 2.76 bits per heavy atom. The Labute approximate surface area is 124 Å². The number of carbonyl (C=O) groups excluding carboxylic acids is 1. The minimum absolute atomic E-state index is 0.104. The molecule has 112 valence electrons. The van der Waals surface area contributed by atoms with E-state index in [-0.39, 0.29) is 11.3 Å². The number of rotatable bonds is 4. The van der Waals surface area contributed by atoms with E-state index in [2.05, 4.69) is 37.6 Å². The third-order valence-electron chi connectivity index (χ3n) is 3.20. The van der Waals surface area contributed by atoms with Crippen molar-refractivity contribution in [1.29, 1.82) is 0 Å². The summed E-state index contributed by atoms with van der Waals surface area (Å²) < 4.78 is 6.74. The fraction of sp³-hybridized carbons (Fsp3) is 0.400. The highest BCUT2D eigenvalue weighted by molar-refractivity contribution is 6.00. The van der Waals surface area contributed by atoms with Gasteiger partial charge in [0.25, 0.3) is 5.91 Å². The van der Waals surface area contributed by atoms with E-state index in [1.54, 1.807) is 35.3 Å². The second kappa shape index (κ2) is 5.55. The van der Waals surface area contributed by atoms with Crippen molar-refractivity contribution in [3.05, 3.63) is 42.6 Å². The number of amides is 1. The predicted octanol–water partition coefficient (Wildman–Crippen LogP) is 2.42. The monoisotopic (exact) mass is 288 g/mol. The summed E-state index contributed by atoms with van der Waals surface area (Å²) in [5.41, 5.74) is 2.31. The number of nitrogens with zero attached hydrogens (tertiary/aromatic N) is 4. The molecule has 0 radical (unpaired) electrons. The molecule has 0 aliphatic carbocycles. The summed E-state index contributed by atoms with van der Waals surface area (Å²) in [7, 11) is 1.80. The first-order valence-electron chi connectivity index (χ1n) is 6.69. The van der Waals surface area contributed by atoms with Gasteiger partial charge in [-0.2, -0.15) is 5.10 Å². The Kier molecular flexibility index (Phi) is 3.97. The van der Waals surface area contributed by atoms with Crippen LogP contribution in [0.2, 0.25) is 0 Å². The minimum atomic E-state index is -0.203. The van der Waals surface area contributed by atoms with Crippen LogP contribution < -0.4 is 4.90 Å². The van der Waals surface area contributed by atoms with Crippen molar-refractivity contribution in [2.75, 3.05) is 4.90 Å². The van der Waals surface area contributed by atoms with Crippen molar-refractivity contribution < 1.29 is 9.32 Å². The van der Waals surface area contributed by atoms with Gasteiger partial charge in [0.1, 0.15) is 12.0 Å². The highest BCUT2D eigenvalue weighted by Crippen LogP contribution is 2.27. The van der Waals surface area contributed by atoms with Crippen LogP contribution in [0.1, 0.15) is 32.0 Å². The van der Waals surface area contributed by atoms with Gasteiger partial charge in [-0.3, -0.25) is 14.4 Å². The summed E-state index contributed by atoms with van der Waals surface area (Å²) in [6.45, 7) is 10.1. The van der Waals surface area contributed by atoms with Crippen LogP contribution in [0.3, 0.4) is 0 Å². The molecule has 2 heterocycles. The molecular weight excluding hydrogens is 268 g/mol. The molecule has 0 unspecified atom stereocenters. The summed E-state index contributed by atoms with van der Waals surface area (Å²) in [5.74, 6) is -0.203. The fourth-order valence-electron chi connectivity index (χ4n) is 2.09. The quantitative estimate of drug-likeness (QED) is 0.810. The molecule has 1 amide bonds. The van der Waals surface area contributed by atoms with Gasteiger partial charge >= 0.3 is 0 Å². The van der Waals surface area contributed by atoms with Crippen LogP contribution >= 0.6 is 0 Å². The van der Waals surface area contributed by atoms with Gasteiger partial charge in [0.2, 0.25) is 0 Å². The molecule has 6 heteroatoms. The number of hydrogen-bond acceptors (Lipinski definition) is 4. The first-order chi connectivity index (χ1) is 9.82. The molecule has 0 saturated carbocycles. The summed E-state index contributed by atoms with van der Waals surface area (Å²) in [6.07, 6.45) is 6.33. The van der Waals surface area contributed by atoms with E-state index in [1.165, 1.54) is 6.08 Å². The molecule has 0 fully saturated rings. The molecule has 0 spiro atoms.